The lowest BCUT2D eigenvalue weighted by Gasteiger charge is -2.49. The van der Waals surface area contributed by atoms with Crippen LogP contribution >= 0.6 is 34.9 Å². The fraction of sp³-hybridized carbons (Fsp3) is 0.364. The summed E-state index contributed by atoms with van der Waals surface area (Å²) < 4.78 is 38.0. The van der Waals surface area contributed by atoms with Gasteiger partial charge in [0.15, 0.2) is 10.8 Å². The second kappa shape index (κ2) is 12.1. The van der Waals surface area contributed by atoms with Gasteiger partial charge in [-0.05, 0) is 24.5 Å². The van der Waals surface area contributed by atoms with Crippen LogP contribution in [0.25, 0.3) is 0 Å². The molecule has 2 aromatic heterocycles. The molecule has 0 aromatic carbocycles. The number of halogens is 3. The molecule has 20 heteroatoms. The highest BCUT2D eigenvalue weighted by Gasteiger charge is 2.54. The number of carbonyl (C=O) groups is 4. The van der Waals surface area contributed by atoms with Gasteiger partial charge in [0.05, 0.1) is 6.20 Å². The van der Waals surface area contributed by atoms with Crippen LogP contribution in [0.5, 0.6) is 0 Å². The van der Waals surface area contributed by atoms with Gasteiger partial charge in [-0.25, -0.2) is 9.78 Å². The van der Waals surface area contributed by atoms with E-state index in [0.717, 1.165) is 11.3 Å². The number of thioether (sulfide) groups is 2. The molecule has 3 unspecified atom stereocenters. The predicted octanol–water partition coefficient (Wildman–Crippen LogP) is 1.73. The van der Waals surface area contributed by atoms with E-state index in [-0.39, 0.29) is 22.9 Å². The molecule has 4 N–H and O–H groups in total. The lowest BCUT2D eigenvalue weighted by Crippen LogP contribution is -2.71. The average molecular weight is 645 g/mol. The number of rotatable bonds is 10. The van der Waals surface area contributed by atoms with E-state index in [9.17, 15) is 37.5 Å². The van der Waals surface area contributed by atoms with E-state index in [1.54, 1.807) is 11.4 Å². The standard InChI is InChI=1S/C22H19F3N8O6S3/c23-22(24,25)20(38)29-21-27-11(8-42-21)13(31-39-10-3-1-2-4-10)16(34)28-14-17(35)33-15(19(36)37)9(7-41-18(14)33)6-40-12-5-26-32-30-12/h1,3,5,8,10,14,18H,2,4,6-7H2,(H,28,34)(H,36,37)(H,26,30,32)(H,27,29,38)/b31-13+. The number of amides is 3. The minimum absolute atomic E-state index is 0.181. The van der Waals surface area contributed by atoms with Gasteiger partial charge in [0.2, 0.25) is 0 Å². The second-order valence-electron chi connectivity index (χ2n) is 8.79. The van der Waals surface area contributed by atoms with E-state index < -0.39 is 58.2 Å². The fourth-order valence-corrected chi connectivity index (χ4v) is 7.01. The van der Waals surface area contributed by atoms with Crippen molar-refractivity contribution < 1.29 is 42.3 Å². The van der Waals surface area contributed by atoms with Gasteiger partial charge in [-0.15, -0.1) is 28.2 Å². The summed E-state index contributed by atoms with van der Waals surface area (Å²) in [5.41, 5.74) is -0.328. The Morgan fingerprint density at radius 3 is 2.81 bits per heavy atom. The zero-order chi connectivity index (χ0) is 30.0. The van der Waals surface area contributed by atoms with Gasteiger partial charge in [-0.3, -0.25) is 24.6 Å². The van der Waals surface area contributed by atoms with Crippen molar-refractivity contribution in [3.8, 4) is 0 Å². The number of hydrogen-bond donors (Lipinski definition) is 4. The molecule has 1 fully saturated rings. The molecule has 3 aliphatic rings. The number of alkyl halides is 3. The summed E-state index contributed by atoms with van der Waals surface area (Å²) in [6.07, 6.45) is 0.744. The maximum absolute atomic E-state index is 13.3. The lowest BCUT2D eigenvalue weighted by molar-refractivity contribution is -0.167. The molecule has 14 nitrogen and oxygen atoms in total. The number of β-lactam (4-membered cyclic amide) rings is 1. The van der Waals surface area contributed by atoms with E-state index in [2.05, 4.69) is 30.9 Å². The van der Waals surface area contributed by atoms with Crippen molar-refractivity contribution in [3.63, 3.8) is 0 Å². The molecule has 1 aliphatic carbocycles. The zero-order valence-electron chi connectivity index (χ0n) is 21.0. The minimum atomic E-state index is -5.15. The number of carboxylic acid groups (broad SMARTS) is 1. The van der Waals surface area contributed by atoms with Gasteiger partial charge < -0.3 is 15.3 Å². The van der Waals surface area contributed by atoms with Crippen molar-refractivity contribution in [2.45, 2.75) is 41.6 Å². The number of aromatic nitrogens is 4. The number of H-pyrrole nitrogens is 1. The van der Waals surface area contributed by atoms with E-state index in [1.165, 1.54) is 35.1 Å². The first kappa shape index (κ1) is 29.6. The van der Waals surface area contributed by atoms with E-state index >= 15 is 0 Å². The number of anilines is 1. The Morgan fingerprint density at radius 2 is 2.14 bits per heavy atom. The van der Waals surface area contributed by atoms with Gasteiger partial charge in [-0.1, -0.05) is 23.0 Å². The smallest absolute Gasteiger partial charge is 0.471 e. The van der Waals surface area contributed by atoms with Gasteiger partial charge in [0, 0.05) is 16.9 Å². The lowest BCUT2D eigenvalue weighted by atomic mass is 10.0. The van der Waals surface area contributed by atoms with Crippen LogP contribution in [0.2, 0.25) is 0 Å². The first-order valence-corrected chi connectivity index (χ1v) is 14.9. The van der Waals surface area contributed by atoms with Crippen molar-refractivity contribution in [2.24, 2.45) is 5.16 Å². The monoisotopic (exact) mass is 644 g/mol. The summed E-state index contributed by atoms with van der Waals surface area (Å²) in [6.45, 7) is 0. The summed E-state index contributed by atoms with van der Waals surface area (Å²) >= 11 is 3.12. The maximum Gasteiger partial charge on any atom is 0.471 e. The molecule has 5 rings (SSSR count). The Morgan fingerprint density at radius 1 is 1.33 bits per heavy atom. The Bertz CT molecular complexity index is 1490. The largest absolute Gasteiger partial charge is 0.477 e. The van der Waals surface area contributed by atoms with Crippen LogP contribution in [0, 0.1) is 0 Å². The molecule has 0 bridgehead atoms. The van der Waals surface area contributed by atoms with Crippen molar-refractivity contribution in [1.29, 1.82) is 0 Å². The Labute approximate surface area is 246 Å². The number of allylic oxidation sites excluding steroid dienone is 1. The SMILES string of the molecule is O=C(O)C1=C(CSc2cn[nH]n2)CSC2C(NC(=O)/C(=N/OC3C=CCC3)c3csc(NC(=O)C(F)(F)F)n3)C(=O)N12. The van der Waals surface area contributed by atoms with Gasteiger partial charge >= 0.3 is 18.1 Å². The zero-order valence-corrected chi connectivity index (χ0v) is 23.4. The molecular weight excluding hydrogens is 625 g/mol. The first-order valence-electron chi connectivity index (χ1n) is 12.0. The van der Waals surface area contributed by atoms with Crippen LogP contribution in [-0.4, -0.2) is 95.0 Å². The van der Waals surface area contributed by atoms with Crippen LogP contribution in [0.1, 0.15) is 18.5 Å². The van der Waals surface area contributed by atoms with E-state index in [0.29, 0.717) is 28.4 Å². The van der Waals surface area contributed by atoms with Crippen LogP contribution in [0.15, 0.2) is 45.2 Å². The fourth-order valence-electron chi connectivity index (χ4n) is 4.05. The molecule has 222 valence electrons. The Balaban J connectivity index is 1.32. The number of nitrogens with one attached hydrogen (secondary N) is 3. The Hall–Kier alpha value is -3.91. The number of carbonyl (C=O) groups excluding carboxylic acids is 3. The summed E-state index contributed by atoms with van der Waals surface area (Å²) in [4.78, 5) is 60.2. The summed E-state index contributed by atoms with van der Waals surface area (Å²) in [7, 11) is 0. The van der Waals surface area contributed by atoms with Crippen molar-refractivity contribution in [3.05, 3.63) is 40.7 Å². The quantitative estimate of drug-likeness (QED) is 0.0968. The van der Waals surface area contributed by atoms with Crippen LogP contribution < -0.4 is 10.6 Å². The minimum Gasteiger partial charge on any atom is -0.477 e. The molecule has 0 radical (unpaired) electrons. The number of hydrogen-bond acceptors (Lipinski definition) is 12. The maximum atomic E-state index is 13.3. The van der Waals surface area contributed by atoms with Crippen LogP contribution in [-0.2, 0) is 24.0 Å². The van der Waals surface area contributed by atoms with Crippen LogP contribution in [0.3, 0.4) is 0 Å². The third kappa shape index (κ3) is 6.28. The van der Waals surface area contributed by atoms with E-state index in [4.69, 9.17) is 4.84 Å². The summed E-state index contributed by atoms with van der Waals surface area (Å²) in [5, 5.41) is 28.5. The molecule has 3 atom stereocenters. The van der Waals surface area contributed by atoms with E-state index in [1.807, 2.05) is 6.08 Å². The number of fused-ring (bicyclic) bond motifs is 1. The topological polar surface area (TPSA) is 192 Å². The molecule has 1 saturated heterocycles. The number of aromatic amines is 1. The number of nitrogens with zero attached hydrogens (tertiary/aromatic N) is 5. The third-order valence-electron chi connectivity index (χ3n) is 6.01. The molecular formula is C22H19F3N8O6S3. The number of aliphatic carboxylic acids is 1. The molecule has 0 spiro atoms. The van der Waals surface area contributed by atoms with Crippen molar-refractivity contribution >= 4 is 69.4 Å². The highest BCUT2D eigenvalue weighted by Crippen LogP contribution is 2.41. The van der Waals surface area contributed by atoms with Gasteiger partial charge in [-0.2, -0.15) is 23.5 Å². The summed E-state index contributed by atoms with van der Waals surface area (Å²) in [5.74, 6) is -4.63. The molecule has 4 heterocycles. The Kier molecular flexibility index (Phi) is 8.55. The highest BCUT2D eigenvalue weighted by atomic mass is 32.2. The molecule has 3 amide bonds. The predicted molar refractivity (Wildman–Crippen MR) is 143 cm³/mol. The first-order chi connectivity index (χ1) is 20.0. The van der Waals surface area contributed by atoms with Crippen molar-refractivity contribution in [2.75, 3.05) is 16.8 Å². The highest BCUT2D eigenvalue weighted by molar-refractivity contribution is 8.01. The molecule has 2 aromatic rings. The van der Waals surface area contributed by atoms with Crippen LogP contribution in [0.4, 0.5) is 18.3 Å². The van der Waals surface area contributed by atoms with Gasteiger partial charge in [0.25, 0.3) is 11.8 Å². The molecule has 0 saturated carbocycles. The third-order valence-corrected chi connectivity index (χ3v) is 9.09. The second-order valence-corrected chi connectivity index (χ2v) is 11.8. The number of oxime groups is 1. The number of thiazole rings is 1. The summed E-state index contributed by atoms with van der Waals surface area (Å²) in [6, 6.07) is -1.12. The molecule has 42 heavy (non-hydrogen) atoms. The average Bonchev–Trinajstić information content (AvgIpc) is 3.73. The normalized spacial score (nSPS) is 22.1. The number of carboxylic acids is 1. The van der Waals surface area contributed by atoms with Crippen molar-refractivity contribution in [1.82, 2.24) is 30.6 Å². The molecule has 2 aliphatic heterocycles. The van der Waals surface area contributed by atoms with Gasteiger partial charge in [0.1, 0.15) is 33.9 Å².